The van der Waals surface area contributed by atoms with Crippen molar-refractivity contribution in [2.75, 3.05) is 0 Å². The van der Waals surface area contributed by atoms with E-state index in [1.165, 1.54) is 12.3 Å². The summed E-state index contributed by atoms with van der Waals surface area (Å²) in [5.74, 6) is -2.75. The molecule has 3 aromatic rings. The lowest BCUT2D eigenvalue weighted by molar-refractivity contribution is 0.0541. The van der Waals surface area contributed by atoms with Crippen molar-refractivity contribution in [2.24, 2.45) is 0 Å². The molecule has 1 saturated heterocycles. The van der Waals surface area contributed by atoms with Gasteiger partial charge >= 0.3 is 0 Å². The highest BCUT2D eigenvalue weighted by atomic mass is 19.1. The number of nitrogens with one attached hydrogen (secondary N) is 2. The maximum Gasteiger partial charge on any atom is 0.276 e. The van der Waals surface area contributed by atoms with Gasteiger partial charge in [-0.25, -0.2) is 8.78 Å². The standard InChI is InChI=1S/C29H28F2N4O4/c30-19-11-10-18(21(31)12-19)13-32-28(37)20-14-34-15-24-33-22-8-4-5-9-23(22)35(24)29(38)25(34)27(26(20)36)39-16-17-6-2-1-3-7-17/h1-3,6-7,10-12,14,22-24,33H,4-5,8-9,13,15-16H2,(H,32,37)/t22-,23-,24-/m0/s1. The molecule has 0 unspecified atom stereocenters. The van der Waals surface area contributed by atoms with Crippen LogP contribution in [0.15, 0.2) is 59.5 Å². The van der Waals surface area contributed by atoms with Crippen molar-refractivity contribution in [2.45, 2.75) is 63.6 Å². The van der Waals surface area contributed by atoms with Crippen LogP contribution in [-0.2, 0) is 19.7 Å². The molecular formula is C29H28F2N4O4. The molecule has 0 radical (unpaired) electrons. The Kier molecular flexibility index (Phi) is 6.64. The molecular weight excluding hydrogens is 506 g/mol. The molecule has 3 aliphatic rings. The zero-order valence-corrected chi connectivity index (χ0v) is 21.2. The third-order valence-electron chi connectivity index (χ3n) is 7.80. The molecule has 2 N–H and O–H groups in total. The van der Waals surface area contributed by atoms with Crippen LogP contribution in [0, 0.1) is 11.6 Å². The van der Waals surface area contributed by atoms with Gasteiger partial charge in [0.05, 0.1) is 6.54 Å². The van der Waals surface area contributed by atoms with Gasteiger partial charge in [0, 0.05) is 36.5 Å². The molecule has 1 aliphatic carbocycles. The summed E-state index contributed by atoms with van der Waals surface area (Å²) in [6, 6.07) is 12.5. The molecule has 0 bridgehead atoms. The minimum Gasteiger partial charge on any atom is -0.483 e. The summed E-state index contributed by atoms with van der Waals surface area (Å²) < 4.78 is 35.0. The molecule has 2 amide bonds. The summed E-state index contributed by atoms with van der Waals surface area (Å²) in [6.45, 7) is 0.144. The van der Waals surface area contributed by atoms with E-state index in [1.807, 2.05) is 35.2 Å². The van der Waals surface area contributed by atoms with Gasteiger partial charge in [0.1, 0.15) is 30.0 Å². The lowest BCUT2D eigenvalue weighted by Crippen LogP contribution is -2.52. The van der Waals surface area contributed by atoms with E-state index in [1.54, 1.807) is 4.57 Å². The second-order valence-electron chi connectivity index (χ2n) is 10.2. The summed E-state index contributed by atoms with van der Waals surface area (Å²) in [5.41, 5.74) is 0.0660. The second kappa shape index (κ2) is 10.3. The van der Waals surface area contributed by atoms with E-state index < -0.39 is 23.0 Å². The minimum absolute atomic E-state index is 0.0377. The van der Waals surface area contributed by atoms with Crippen molar-refractivity contribution in [1.29, 1.82) is 0 Å². The summed E-state index contributed by atoms with van der Waals surface area (Å²) in [5, 5.41) is 6.10. The first-order chi connectivity index (χ1) is 18.9. The third kappa shape index (κ3) is 4.69. The van der Waals surface area contributed by atoms with E-state index in [-0.39, 0.29) is 59.9 Å². The summed E-state index contributed by atoms with van der Waals surface area (Å²) >= 11 is 0. The van der Waals surface area contributed by atoms with Gasteiger partial charge in [0.15, 0.2) is 11.4 Å². The van der Waals surface area contributed by atoms with Crippen LogP contribution in [0.5, 0.6) is 5.75 Å². The lowest BCUT2D eigenvalue weighted by atomic mass is 9.91. The lowest BCUT2D eigenvalue weighted by Gasteiger charge is -2.37. The normalized spacial score (nSPS) is 21.6. The molecule has 2 aliphatic heterocycles. The van der Waals surface area contributed by atoms with E-state index in [0.29, 0.717) is 6.54 Å². The van der Waals surface area contributed by atoms with Gasteiger partial charge < -0.3 is 19.5 Å². The summed E-state index contributed by atoms with van der Waals surface area (Å²) in [6.07, 6.45) is 5.12. The van der Waals surface area contributed by atoms with Crippen LogP contribution in [-0.4, -0.2) is 39.5 Å². The van der Waals surface area contributed by atoms with Crippen molar-refractivity contribution >= 4 is 11.8 Å². The van der Waals surface area contributed by atoms with Crippen molar-refractivity contribution in [3.8, 4) is 5.75 Å². The van der Waals surface area contributed by atoms with E-state index in [0.717, 1.165) is 43.4 Å². The van der Waals surface area contributed by atoms with E-state index >= 15 is 0 Å². The maximum atomic E-state index is 14.1. The molecule has 2 fully saturated rings. The fourth-order valence-corrected chi connectivity index (χ4v) is 5.90. The molecule has 3 atom stereocenters. The number of nitrogens with zero attached hydrogens (tertiary/aromatic N) is 2. The Morgan fingerprint density at radius 1 is 1.08 bits per heavy atom. The number of fused-ring (bicyclic) bond motifs is 4. The predicted molar refractivity (Wildman–Crippen MR) is 138 cm³/mol. The van der Waals surface area contributed by atoms with Gasteiger partial charge in [0.25, 0.3) is 11.8 Å². The monoisotopic (exact) mass is 534 g/mol. The zero-order chi connectivity index (χ0) is 27.1. The molecule has 8 nitrogen and oxygen atoms in total. The highest BCUT2D eigenvalue weighted by molar-refractivity contribution is 5.99. The van der Waals surface area contributed by atoms with Crippen LogP contribution in [0.1, 0.15) is 57.7 Å². The Balaban J connectivity index is 1.35. The van der Waals surface area contributed by atoms with Gasteiger partial charge in [-0.05, 0) is 24.5 Å². The van der Waals surface area contributed by atoms with Crippen molar-refractivity contribution in [3.63, 3.8) is 0 Å². The molecule has 6 rings (SSSR count). The summed E-state index contributed by atoms with van der Waals surface area (Å²) in [4.78, 5) is 42.5. The average molecular weight is 535 g/mol. The predicted octanol–water partition coefficient (Wildman–Crippen LogP) is 3.33. The Labute approximate surface area is 223 Å². The van der Waals surface area contributed by atoms with E-state index in [4.69, 9.17) is 4.74 Å². The molecule has 2 aromatic carbocycles. The smallest absolute Gasteiger partial charge is 0.276 e. The molecule has 1 aromatic heterocycles. The number of hydrogen-bond acceptors (Lipinski definition) is 5. The first-order valence-electron chi connectivity index (χ1n) is 13.2. The van der Waals surface area contributed by atoms with Crippen LogP contribution in [0.4, 0.5) is 8.78 Å². The van der Waals surface area contributed by atoms with Crippen LogP contribution in [0.25, 0.3) is 0 Å². The number of hydrogen-bond donors (Lipinski definition) is 2. The maximum absolute atomic E-state index is 14.1. The fourth-order valence-electron chi connectivity index (χ4n) is 5.90. The average Bonchev–Trinajstić information content (AvgIpc) is 3.31. The Hall–Kier alpha value is -4.05. The van der Waals surface area contributed by atoms with E-state index in [2.05, 4.69) is 10.6 Å². The molecule has 3 heterocycles. The number of aromatic nitrogens is 1. The Morgan fingerprint density at radius 2 is 1.87 bits per heavy atom. The second-order valence-corrected chi connectivity index (χ2v) is 10.2. The van der Waals surface area contributed by atoms with E-state index in [9.17, 15) is 23.2 Å². The number of carbonyl (C=O) groups excluding carboxylic acids is 2. The SMILES string of the molecule is O=C(NCc1ccc(F)cc1F)c1cn2c(c(OCc3ccccc3)c1=O)C(=O)N1[C@@H](C2)N[C@H]2CCCC[C@@H]21. The number of pyridine rings is 1. The van der Waals surface area contributed by atoms with Gasteiger partial charge in [-0.3, -0.25) is 19.7 Å². The van der Waals surface area contributed by atoms with Crippen molar-refractivity contribution in [1.82, 2.24) is 20.1 Å². The van der Waals surface area contributed by atoms with Crippen LogP contribution in [0.3, 0.4) is 0 Å². The molecule has 10 heteroatoms. The van der Waals surface area contributed by atoms with Crippen LogP contribution in [0.2, 0.25) is 0 Å². The Morgan fingerprint density at radius 3 is 2.67 bits per heavy atom. The highest BCUT2D eigenvalue weighted by Gasteiger charge is 2.48. The number of ether oxygens (including phenoxy) is 1. The number of carbonyl (C=O) groups is 2. The van der Waals surface area contributed by atoms with Gasteiger partial charge in [-0.2, -0.15) is 0 Å². The van der Waals surface area contributed by atoms with Crippen LogP contribution < -0.4 is 20.8 Å². The Bertz CT molecular complexity index is 1490. The first-order valence-corrected chi connectivity index (χ1v) is 13.2. The van der Waals surface area contributed by atoms with Gasteiger partial charge in [0.2, 0.25) is 5.43 Å². The van der Waals surface area contributed by atoms with Gasteiger partial charge in [-0.15, -0.1) is 0 Å². The number of amides is 2. The van der Waals surface area contributed by atoms with Crippen molar-refractivity contribution < 1.29 is 23.1 Å². The molecule has 202 valence electrons. The topological polar surface area (TPSA) is 92.7 Å². The zero-order valence-electron chi connectivity index (χ0n) is 21.2. The first kappa shape index (κ1) is 25.2. The number of benzene rings is 2. The highest BCUT2D eigenvalue weighted by Crippen LogP contribution is 2.35. The number of halogens is 2. The van der Waals surface area contributed by atoms with Crippen LogP contribution >= 0.6 is 0 Å². The fraction of sp³-hybridized carbons (Fsp3) is 0.345. The molecule has 39 heavy (non-hydrogen) atoms. The third-order valence-corrected chi connectivity index (χ3v) is 7.80. The van der Waals surface area contributed by atoms with Gasteiger partial charge in [-0.1, -0.05) is 49.2 Å². The minimum atomic E-state index is -0.802. The van der Waals surface area contributed by atoms with Crippen molar-refractivity contribution in [3.05, 3.63) is 99.0 Å². The molecule has 0 spiro atoms. The molecule has 1 saturated carbocycles. The summed E-state index contributed by atoms with van der Waals surface area (Å²) in [7, 11) is 0. The largest absolute Gasteiger partial charge is 0.483 e. The quantitative estimate of drug-likeness (QED) is 0.506. The number of rotatable bonds is 6.